The highest BCUT2D eigenvalue weighted by molar-refractivity contribution is 9.09. The smallest absolute Gasteiger partial charge is 0.339 e. The van der Waals surface area contributed by atoms with Gasteiger partial charge in [-0.2, -0.15) is 0 Å². The molecule has 116 valence electrons. The fraction of sp³-hybridized carbons (Fsp3) is 0.733. The van der Waals surface area contributed by atoms with Crippen molar-refractivity contribution in [1.29, 1.82) is 0 Å². The fourth-order valence-corrected chi connectivity index (χ4v) is 4.45. The lowest BCUT2D eigenvalue weighted by Crippen LogP contribution is -2.80. The maximum Gasteiger partial charge on any atom is 0.339 e. The van der Waals surface area contributed by atoms with Crippen molar-refractivity contribution in [3.05, 3.63) is 12.2 Å². The van der Waals surface area contributed by atoms with Crippen molar-refractivity contribution < 1.29 is 19.4 Å². The van der Waals surface area contributed by atoms with E-state index in [0.717, 1.165) is 19.3 Å². The van der Waals surface area contributed by atoms with Crippen LogP contribution in [0.15, 0.2) is 12.2 Å². The van der Waals surface area contributed by atoms with Crippen LogP contribution in [0.4, 0.5) is 0 Å². The number of carbonyl (C=O) groups excluding carboxylic acids is 2. The van der Waals surface area contributed by atoms with E-state index in [1.807, 2.05) is 12.2 Å². The van der Waals surface area contributed by atoms with Gasteiger partial charge in [0, 0.05) is 11.2 Å². The topological polar surface area (TPSA) is 75.6 Å². The fourth-order valence-electron chi connectivity index (χ4n) is 3.99. The summed E-state index contributed by atoms with van der Waals surface area (Å²) in [6.45, 7) is 1.76. The van der Waals surface area contributed by atoms with Gasteiger partial charge in [0.2, 0.25) is 11.4 Å². The standard InChI is InChI=1S/C15H20BrNO4/c1-14-10(7-8-16)12(19)17-15(14,13(20)21-14)11(18)9-5-3-2-4-6-9/h3,5,9-11,18H,2,4,6-8H2,1H3,(H,17,19)/t9-,10+,11+,14+,15-/m1/s1. The highest BCUT2D eigenvalue weighted by Crippen LogP contribution is 2.53. The van der Waals surface area contributed by atoms with Crippen LogP contribution in [0, 0.1) is 11.8 Å². The summed E-state index contributed by atoms with van der Waals surface area (Å²) in [5.41, 5.74) is -2.25. The number of carbonyl (C=O) groups is 2. The van der Waals surface area contributed by atoms with Crippen LogP contribution in [0.1, 0.15) is 32.6 Å². The highest BCUT2D eigenvalue weighted by Gasteiger charge is 2.79. The molecule has 2 N–H and O–H groups in total. The van der Waals surface area contributed by atoms with Crippen molar-refractivity contribution in [2.45, 2.75) is 49.9 Å². The number of aliphatic hydroxyl groups excluding tert-OH is 1. The molecule has 2 fully saturated rings. The van der Waals surface area contributed by atoms with Crippen molar-refractivity contribution >= 4 is 27.8 Å². The first-order valence-corrected chi connectivity index (χ1v) is 8.55. The number of rotatable bonds is 4. The van der Waals surface area contributed by atoms with Gasteiger partial charge < -0.3 is 15.2 Å². The lowest BCUT2D eigenvalue weighted by atomic mass is 9.64. The second-order valence-corrected chi connectivity index (χ2v) is 7.08. The minimum Gasteiger partial charge on any atom is -0.453 e. The average molecular weight is 358 g/mol. The van der Waals surface area contributed by atoms with Gasteiger partial charge >= 0.3 is 5.97 Å². The number of amides is 1. The van der Waals surface area contributed by atoms with Gasteiger partial charge in [-0.1, -0.05) is 28.1 Å². The molecule has 5 atom stereocenters. The van der Waals surface area contributed by atoms with E-state index in [4.69, 9.17) is 4.74 Å². The Bertz CT molecular complexity index is 508. The molecule has 0 spiro atoms. The van der Waals surface area contributed by atoms with Crippen LogP contribution >= 0.6 is 15.9 Å². The molecule has 21 heavy (non-hydrogen) atoms. The van der Waals surface area contributed by atoms with E-state index in [2.05, 4.69) is 21.2 Å². The predicted molar refractivity (Wildman–Crippen MR) is 79.8 cm³/mol. The number of fused-ring (bicyclic) bond motifs is 1. The van der Waals surface area contributed by atoms with Crippen molar-refractivity contribution in [2.75, 3.05) is 5.33 Å². The Labute approximate surface area is 132 Å². The molecule has 0 aromatic heterocycles. The maximum atomic E-state index is 12.3. The minimum absolute atomic E-state index is 0.117. The van der Waals surface area contributed by atoms with Crippen LogP contribution < -0.4 is 5.32 Å². The summed E-state index contributed by atoms with van der Waals surface area (Å²) >= 11 is 3.33. The number of halogens is 1. The summed E-state index contributed by atoms with van der Waals surface area (Å²) in [4.78, 5) is 24.5. The summed E-state index contributed by atoms with van der Waals surface area (Å²) in [7, 11) is 0. The van der Waals surface area contributed by atoms with E-state index in [9.17, 15) is 14.7 Å². The molecule has 1 aliphatic carbocycles. The Morgan fingerprint density at radius 1 is 1.57 bits per heavy atom. The Morgan fingerprint density at radius 2 is 2.33 bits per heavy atom. The van der Waals surface area contributed by atoms with Gasteiger partial charge in [0.05, 0.1) is 12.0 Å². The molecule has 5 nitrogen and oxygen atoms in total. The Kier molecular flexibility index (Phi) is 3.64. The molecule has 0 aromatic rings. The number of hydrogen-bond donors (Lipinski definition) is 2. The largest absolute Gasteiger partial charge is 0.453 e. The zero-order chi connectivity index (χ0) is 15.3. The molecule has 2 heterocycles. The molecular formula is C15H20BrNO4. The number of alkyl halides is 1. The molecular weight excluding hydrogens is 338 g/mol. The molecule has 6 heteroatoms. The van der Waals surface area contributed by atoms with Gasteiger partial charge in [-0.15, -0.1) is 0 Å². The zero-order valence-electron chi connectivity index (χ0n) is 12.0. The Balaban J connectivity index is 1.94. The normalized spacial score (nSPS) is 42.8. The van der Waals surface area contributed by atoms with Gasteiger partial charge in [-0.3, -0.25) is 4.79 Å². The van der Waals surface area contributed by atoms with Gasteiger partial charge in [0.15, 0.2) is 5.60 Å². The number of aliphatic hydroxyl groups is 1. The molecule has 3 rings (SSSR count). The molecule has 0 saturated carbocycles. The second-order valence-electron chi connectivity index (χ2n) is 6.29. The number of ether oxygens (including phenoxy) is 1. The third-order valence-electron chi connectivity index (χ3n) is 5.25. The van der Waals surface area contributed by atoms with Crippen LogP contribution in [0.5, 0.6) is 0 Å². The van der Waals surface area contributed by atoms with Gasteiger partial charge in [-0.05, 0) is 32.6 Å². The first-order valence-electron chi connectivity index (χ1n) is 7.43. The summed E-state index contributed by atoms with van der Waals surface area (Å²) in [6.07, 6.45) is 6.42. The number of esters is 1. The van der Waals surface area contributed by atoms with Gasteiger partial charge in [0.25, 0.3) is 0 Å². The lowest BCUT2D eigenvalue weighted by Gasteiger charge is -2.54. The first-order chi connectivity index (χ1) is 9.97. The molecule has 0 bridgehead atoms. The molecule has 0 radical (unpaired) electrons. The van der Waals surface area contributed by atoms with Gasteiger partial charge in [-0.25, -0.2) is 4.79 Å². The van der Waals surface area contributed by atoms with Crippen molar-refractivity contribution in [2.24, 2.45) is 11.8 Å². The van der Waals surface area contributed by atoms with Crippen LogP contribution in [-0.2, 0) is 14.3 Å². The van der Waals surface area contributed by atoms with E-state index >= 15 is 0 Å². The number of hydrogen-bond acceptors (Lipinski definition) is 4. The van der Waals surface area contributed by atoms with Crippen molar-refractivity contribution in [3.63, 3.8) is 0 Å². The third kappa shape index (κ3) is 1.84. The zero-order valence-corrected chi connectivity index (χ0v) is 13.6. The van der Waals surface area contributed by atoms with E-state index < -0.39 is 29.1 Å². The Hall–Kier alpha value is -0.880. The van der Waals surface area contributed by atoms with Crippen LogP contribution in [0.2, 0.25) is 0 Å². The monoisotopic (exact) mass is 357 g/mol. The van der Waals surface area contributed by atoms with Crippen LogP contribution in [-0.4, -0.2) is 39.6 Å². The molecule has 3 aliphatic rings. The summed E-state index contributed by atoms with van der Waals surface area (Å²) in [5.74, 6) is -1.26. The summed E-state index contributed by atoms with van der Waals surface area (Å²) in [5, 5.41) is 14.2. The molecule has 1 amide bonds. The molecule has 0 unspecified atom stereocenters. The second kappa shape index (κ2) is 5.09. The summed E-state index contributed by atoms with van der Waals surface area (Å²) < 4.78 is 5.37. The SMILES string of the molecule is C[C@@]12OC(=O)[C@@]1([C@@H](O)[C@@H]1C=CCCC1)NC(=O)[C@@H]2CCBr. The van der Waals surface area contributed by atoms with E-state index in [1.165, 1.54) is 0 Å². The highest BCUT2D eigenvalue weighted by atomic mass is 79.9. The molecule has 0 aromatic carbocycles. The number of allylic oxidation sites excluding steroid dienone is 1. The summed E-state index contributed by atoms with van der Waals surface area (Å²) in [6, 6.07) is 0. The molecule has 2 saturated heterocycles. The van der Waals surface area contributed by atoms with Crippen LogP contribution in [0.3, 0.4) is 0 Å². The van der Waals surface area contributed by atoms with E-state index in [-0.39, 0.29) is 11.8 Å². The quantitative estimate of drug-likeness (QED) is 0.451. The predicted octanol–water partition coefficient (Wildman–Crippen LogP) is 1.29. The first kappa shape index (κ1) is 15.0. The van der Waals surface area contributed by atoms with Crippen molar-refractivity contribution in [1.82, 2.24) is 5.32 Å². The van der Waals surface area contributed by atoms with Crippen LogP contribution in [0.25, 0.3) is 0 Å². The van der Waals surface area contributed by atoms with Gasteiger partial charge in [0.1, 0.15) is 0 Å². The minimum atomic E-state index is -1.29. The average Bonchev–Trinajstić information content (AvgIpc) is 2.65. The van der Waals surface area contributed by atoms with Crippen molar-refractivity contribution in [3.8, 4) is 0 Å². The Morgan fingerprint density at radius 3 is 2.90 bits per heavy atom. The molecule has 2 aliphatic heterocycles. The lowest BCUT2D eigenvalue weighted by molar-refractivity contribution is -0.238. The number of nitrogens with one attached hydrogen (secondary N) is 1. The third-order valence-corrected chi connectivity index (χ3v) is 5.71. The maximum absolute atomic E-state index is 12.3. The van der Waals surface area contributed by atoms with E-state index in [0.29, 0.717) is 11.8 Å². The van der Waals surface area contributed by atoms with E-state index in [1.54, 1.807) is 6.92 Å².